The van der Waals surface area contributed by atoms with Gasteiger partial charge in [0, 0.05) is 13.6 Å². The molecular weight excluding hydrogens is 260 g/mol. The van der Waals surface area contributed by atoms with Crippen LogP contribution in [0.1, 0.15) is 13.3 Å². The van der Waals surface area contributed by atoms with Gasteiger partial charge in [0.15, 0.2) is 5.75 Å². The minimum absolute atomic E-state index is 0.0650. The van der Waals surface area contributed by atoms with Crippen molar-refractivity contribution < 1.29 is 9.66 Å². The van der Waals surface area contributed by atoms with Crippen molar-refractivity contribution in [2.45, 2.75) is 13.3 Å². The lowest BCUT2D eigenvalue weighted by Gasteiger charge is -2.09. The molecule has 2 rings (SSSR count). The molecule has 7 heteroatoms. The average molecular weight is 276 g/mol. The van der Waals surface area contributed by atoms with Crippen molar-refractivity contribution >= 4 is 11.4 Å². The summed E-state index contributed by atoms with van der Waals surface area (Å²) >= 11 is 0. The second-order valence-electron chi connectivity index (χ2n) is 4.29. The summed E-state index contributed by atoms with van der Waals surface area (Å²) in [6.45, 7) is 2.66. The second kappa shape index (κ2) is 6.05. The molecule has 0 spiro atoms. The van der Waals surface area contributed by atoms with Crippen LogP contribution in [0, 0.1) is 10.1 Å². The van der Waals surface area contributed by atoms with Crippen molar-refractivity contribution in [1.29, 1.82) is 0 Å². The molecule has 0 atom stereocenters. The number of rotatable bonds is 6. The van der Waals surface area contributed by atoms with E-state index in [4.69, 9.17) is 4.74 Å². The molecule has 20 heavy (non-hydrogen) atoms. The van der Waals surface area contributed by atoms with E-state index in [0.717, 1.165) is 6.42 Å². The molecule has 0 fully saturated rings. The molecule has 0 saturated carbocycles. The van der Waals surface area contributed by atoms with Gasteiger partial charge in [-0.3, -0.25) is 14.8 Å². The Kier molecular flexibility index (Phi) is 4.19. The zero-order chi connectivity index (χ0) is 14.5. The van der Waals surface area contributed by atoms with Crippen LogP contribution in [0.5, 0.6) is 11.5 Å². The van der Waals surface area contributed by atoms with Crippen molar-refractivity contribution in [1.82, 2.24) is 9.78 Å². The topological polar surface area (TPSA) is 82.2 Å². The average Bonchev–Trinajstić information content (AvgIpc) is 2.81. The number of nitrogens with one attached hydrogen (secondary N) is 1. The van der Waals surface area contributed by atoms with E-state index in [0.29, 0.717) is 18.0 Å². The smallest absolute Gasteiger partial charge is 0.334 e. The van der Waals surface area contributed by atoms with Crippen LogP contribution >= 0.6 is 0 Å². The maximum Gasteiger partial charge on any atom is 0.334 e. The Labute approximate surface area is 116 Å². The van der Waals surface area contributed by atoms with Crippen LogP contribution in [0.4, 0.5) is 11.4 Å². The van der Waals surface area contributed by atoms with E-state index >= 15 is 0 Å². The lowest BCUT2D eigenvalue weighted by molar-refractivity contribution is -0.384. The molecule has 0 aliphatic rings. The number of hydrogen-bond acceptors (Lipinski definition) is 5. The molecule has 1 N–H and O–H groups in total. The third kappa shape index (κ3) is 3.05. The van der Waals surface area contributed by atoms with Crippen LogP contribution in [-0.2, 0) is 7.05 Å². The Morgan fingerprint density at radius 3 is 2.90 bits per heavy atom. The molecule has 0 bridgehead atoms. The summed E-state index contributed by atoms with van der Waals surface area (Å²) < 4.78 is 7.12. The third-order valence-electron chi connectivity index (χ3n) is 2.66. The number of benzene rings is 1. The van der Waals surface area contributed by atoms with Gasteiger partial charge in [0.25, 0.3) is 0 Å². The Morgan fingerprint density at radius 2 is 2.30 bits per heavy atom. The molecule has 1 heterocycles. The molecule has 1 aromatic heterocycles. The number of aryl methyl sites for hydroxylation is 1. The van der Waals surface area contributed by atoms with Crippen LogP contribution in [0.25, 0.3) is 0 Å². The summed E-state index contributed by atoms with van der Waals surface area (Å²) in [5.41, 5.74) is 0.392. The summed E-state index contributed by atoms with van der Waals surface area (Å²) in [5.74, 6) is 0.660. The van der Waals surface area contributed by atoms with Crippen molar-refractivity contribution in [2.75, 3.05) is 11.9 Å². The number of nitrogens with zero attached hydrogens (tertiary/aromatic N) is 3. The first-order valence-corrected chi connectivity index (χ1v) is 6.29. The summed E-state index contributed by atoms with van der Waals surface area (Å²) in [6, 6.07) is 4.96. The number of ether oxygens (including phenoxy) is 1. The molecule has 0 aliphatic heterocycles. The van der Waals surface area contributed by atoms with E-state index in [-0.39, 0.29) is 11.4 Å². The summed E-state index contributed by atoms with van der Waals surface area (Å²) in [6.07, 6.45) is 4.04. The minimum atomic E-state index is -0.441. The fourth-order valence-corrected chi connectivity index (χ4v) is 1.77. The standard InChI is InChI=1S/C13H16N4O3/c1-3-7-14-11-5-4-6-12(13(11)17(18)19)20-10-8-15-16(2)9-10/h4-6,8-9,14H,3,7H2,1-2H3. The molecule has 2 aromatic rings. The van der Waals surface area contributed by atoms with Crippen LogP contribution in [-0.4, -0.2) is 21.2 Å². The number of aromatic nitrogens is 2. The van der Waals surface area contributed by atoms with Crippen molar-refractivity contribution in [3.05, 3.63) is 40.7 Å². The van der Waals surface area contributed by atoms with Crippen molar-refractivity contribution in [3.8, 4) is 11.5 Å². The van der Waals surface area contributed by atoms with Gasteiger partial charge in [0.05, 0.1) is 17.3 Å². The van der Waals surface area contributed by atoms with Gasteiger partial charge in [-0.05, 0) is 18.6 Å². The van der Waals surface area contributed by atoms with E-state index < -0.39 is 4.92 Å². The Bertz CT molecular complexity index is 609. The lowest BCUT2D eigenvalue weighted by Crippen LogP contribution is -2.04. The minimum Gasteiger partial charge on any atom is -0.447 e. The summed E-state index contributed by atoms with van der Waals surface area (Å²) in [4.78, 5) is 10.8. The highest BCUT2D eigenvalue weighted by atomic mass is 16.6. The lowest BCUT2D eigenvalue weighted by atomic mass is 10.2. The van der Waals surface area contributed by atoms with Gasteiger partial charge in [0.2, 0.25) is 5.75 Å². The fraction of sp³-hybridized carbons (Fsp3) is 0.308. The molecule has 0 unspecified atom stereocenters. The van der Waals surface area contributed by atoms with Crippen LogP contribution in [0.15, 0.2) is 30.6 Å². The fourth-order valence-electron chi connectivity index (χ4n) is 1.77. The number of para-hydroxylation sites is 1. The highest BCUT2D eigenvalue weighted by Gasteiger charge is 2.21. The van der Waals surface area contributed by atoms with Gasteiger partial charge in [0.1, 0.15) is 5.69 Å². The molecule has 0 aliphatic carbocycles. The van der Waals surface area contributed by atoms with Gasteiger partial charge >= 0.3 is 5.69 Å². The second-order valence-corrected chi connectivity index (χ2v) is 4.29. The molecule has 1 aromatic carbocycles. The van der Waals surface area contributed by atoms with Gasteiger partial charge in [-0.2, -0.15) is 5.10 Å². The van der Waals surface area contributed by atoms with Crippen LogP contribution in [0.2, 0.25) is 0 Å². The monoisotopic (exact) mass is 276 g/mol. The number of hydrogen-bond donors (Lipinski definition) is 1. The van der Waals surface area contributed by atoms with Gasteiger partial charge in [-0.1, -0.05) is 13.0 Å². The van der Waals surface area contributed by atoms with E-state index in [2.05, 4.69) is 10.4 Å². The highest BCUT2D eigenvalue weighted by molar-refractivity contribution is 5.68. The van der Waals surface area contributed by atoms with E-state index in [1.807, 2.05) is 6.92 Å². The van der Waals surface area contributed by atoms with Gasteiger partial charge < -0.3 is 10.1 Å². The predicted octanol–water partition coefficient (Wildman–Crippen LogP) is 2.94. The Morgan fingerprint density at radius 1 is 1.50 bits per heavy atom. The number of anilines is 1. The molecule has 0 amide bonds. The number of nitro groups is 1. The predicted molar refractivity (Wildman–Crippen MR) is 75.2 cm³/mol. The first-order valence-electron chi connectivity index (χ1n) is 6.29. The highest BCUT2D eigenvalue weighted by Crippen LogP contribution is 2.37. The number of nitro benzene ring substituents is 1. The zero-order valence-electron chi connectivity index (χ0n) is 11.4. The van der Waals surface area contributed by atoms with E-state index in [1.54, 1.807) is 36.1 Å². The SMILES string of the molecule is CCCNc1cccc(Oc2cnn(C)c2)c1[N+](=O)[O-]. The molecule has 106 valence electrons. The first kappa shape index (κ1) is 13.9. The maximum absolute atomic E-state index is 11.3. The van der Waals surface area contributed by atoms with Crippen molar-refractivity contribution in [3.63, 3.8) is 0 Å². The van der Waals surface area contributed by atoms with E-state index in [1.165, 1.54) is 6.20 Å². The maximum atomic E-state index is 11.3. The largest absolute Gasteiger partial charge is 0.447 e. The summed E-state index contributed by atoms with van der Waals surface area (Å²) in [7, 11) is 1.75. The first-order chi connectivity index (χ1) is 9.61. The molecule has 7 nitrogen and oxygen atoms in total. The van der Waals surface area contributed by atoms with Gasteiger partial charge in [-0.15, -0.1) is 0 Å². The van der Waals surface area contributed by atoms with Gasteiger partial charge in [-0.25, -0.2) is 0 Å². The van der Waals surface area contributed by atoms with Crippen LogP contribution < -0.4 is 10.1 Å². The van der Waals surface area contributed by atoms with E-state index in [9.17, 15) is 10.1 Å². The third-order valence-corrected chi connectivity index (χ3v) is 2.66. The Hall–Kier alpha value is -2.57. The quantitative estimate of drug-likeness (QED) is 0.648. The normalized spacial score (nSPS) is 10.3. The van der Waals surface area contributed by atoms with Crippen LogP contribution in [0.3, 0.4) is 0 Å². The van der Waals surface area contributed by atoms with Crippen molar-refractivity contribution in [2.24, 2.45) is 7.05 Å². The molecular formula is C13H16N4O3. The Balaban J connectivity index is 2.33. The zero-order valence-corrected chi connectivity index (χ0v) is 11.4. The summed E-state index contributed by atoms with van der Waals surface area (Å²) in [5, 5.41) is 18.3. The molecule has 0 saturated heterocycles. The molecule has 0 radical (unpaired) electrons.